The Bertz CT molecular complexity index is 727. The Hall–Kier alpha value is -3.09. The molecule has 0 unspecified atom stereocenters. The first-order chi connectivity index (χ1) is 10.3. The van der Waals surface area contributed by atoms with Gasteiger partial charge in [-0.15, -0.1) is 10.2 Å². The molecule has 1 N–H and O–H groups in total. The fraction of sp³-hybridized carbons (Fsp3) is 0.0714. The van der Waals surface area contributed by atoms with Crippen LogP contribution in [-0.2, 0) is 6.54 Å². The highest BCUT2D eigenvalue weighted by Gasteiger charge is 2.10. The second-order valence-electron chi connectivity index (χ2n) is 4.16. The summed E-state index contributed by atoms with van der Waals surface area (Å²) >= 11 is 0. The van der Waals surface area contributed by atoms with Crippen LogP contribution in [0.3, 0.4) is 0 Å². The SMILES string of the molecule is O=C(NCc1nnc(-c2cccnc2)o1)c1ccncc1. The molecule has 0 aliphatic carbocycles. The molecule has 0 bridgehead atoms. The van der Waals surface area contributed by atoms with Crippen LogP contribution in [0, 0.1) is 0 Å². The van der Waals surface area contributed by atoms with Gasteiger partial charge in [0.25, 0.3) is 5.91 Å². The number of carbonyl (C=O) groups is 1. The van der Waals surface area contributed by atoms with E-state index in [4.69, 9.17) is 4.42 Å². The van der Waals surface area contributed by atoms with Gasteiger partial charge in [0, 0.05) is 30.4 Å². The minimum Gasteiger partial charge on any atom is -0.419 e. The maximum absolute atomic E-state index is 11.9. The fourth-order valence-electron chi connectivity index (χ4n) is 1.69. The Kier molecular flexibility index (Phi) is 3.64. The minimum atomic E-state index is -0.224. The van der Waals surface area contributed by atoms with Gasteiger partial charge in [0.2, 0.25) is 11.8 Å². The van der Waals surface area contributed by atoms with E-state index in [9.17, 15) is 4.79 Å². The van der Waals surface area contributed by atoms with Gasteiger partial charge in [-0.05, 0) is 24.3 Å². The van der Waals surface area contributed by atoms with E-state index >= 15 is 0 Å². The van der Waals surface area contributed by atoms with Crippen LogP contribution in [0.25, 0.3) is 11.5 Å². The van der Waals surface area contributed by atoms with E-state index in [1.165, 1.54) is 0 Å². The summed E-state index contributed by atoms with van der Waals surface area (Å²) in [5, 5.41) is 10.5. The number of pyridine rings is 2. The molecule has 0 spiro atoms. The van der Waals surface area contributed by atoms with Gasteiger partial charge in [0.15, 0.2) is 0 Å². The Morgan fingerprint density at radius 1 is 1.10 bits per heavy atom. The lowest BCUT2D eigenvalue weighted by Gasteiger charge is -2.01. The highest BCUT2D eigenvalue weighted by Crippen LogP contribution is 2.15. The van der Waals surface area contributed by atoms with E-state index in [1.54, 1.807) is 43.0 Å². The molecule has 0 fully saturated rings. The summed E-state index contributed by atoms with van der Waals surface area (Å²) in [6.07, 6.45) is 6.41. The summed E-state index contributed by atoms with van der Waals surface area (Å²) < 4.78 is 5.47. The van der Waals surface area contributed by atoms with Crippen molar-refractivity contribution in [3.8, 4) is 11.5 Å². The Balaban J connectivity index is 1.64. The van der Waals surface area contributed by atoms with Gasteiger partial charge in [0.05, 0.1) is 12.1 Å². The molecular formula is C14H11N5O2. The molecule has 0 aromatic carbocycles. The second kappa shape index (κ2) is 5.91. The molecule has 7 heteroatoms. The summed E-state index contributed by atoms with van der Waals surface area (Å²) in [6.45, 7) is 0.161. The zero-order valence-corrected chi connectivity index (χ0v) is 10.9. The summed E-state index contributed by atoms with van der Waals surface area (Å²) in [7, 11) is 0. The van der Waals surface area contributed by atoms with Gasteiger partial charge >= 0.3 is 0 Å². The summed E-state index contributed by atoms with van der Waals surface area (Å²) in [4.78, 5) is 19.7. The minimum absolute atomic E-state index is 0.161. The van der Waals surface area contributed by atoms with Crippen LogP contribution >= 0.6 is 0 Å². The van der Waals surface area contributed by atoms with E-state index in [2.05, 4.69) is 25.5 Å². The molecule has 3 rings (SSSR count). The van der Waals surface area contributed by atoms with E-state index in [0.717, 1.165) is 5.56 Å². The van der Waals surface area contributed by atoms with Crippen molar-refractivity contribution in [2.24, 2.45) is 0 Å². The molecule has 0 atom stereocenters. The Morgan fingerprint density at radius 3 is 2.71 bits per heavy atom. The van der Waals surface area contributed by atoms with Crippen LogP contribution in [0.5, 0.6) is 0 Å². The lowest BCUT2D eigenvalue weighted by Crippen LogP contribution is -2.22. The number of amides is 1. The van der Waals surface area contributed by atoms with Crippen LogP contribution < -0.4 is 5.32 Å². The van der Waals surface area contributed by atoms with Gasteiger partial charge < -0.3 is 9.73 Å². The average Bonchev–Trinajstić information content (AvgIpc) is 3.03. The van der Waals surface area contributed by atoms with Crippen LogP contribution in [0.15, 0.2) is 53.5 Å². The third-order valence-corrected chi connectivity index (χ3v) is 2.72. The normalized spacial score (nSPS) is 10.3. The van der Waals surface area contributed by atoms with Gasteiger partial charge in [-0.3, -0.25) is 14.8 Å². The zero-order chi connectivity index (χ0) is 14.5. The second-order valence-corrected chi connectivity index (χ2v) is 4.16. The summed E-state index contributed by atoms with van der Waals surface area (Å²) in [5.74, 6) is 0.478. The van der Waals surface area contributed by atoms with E-state index in [0.29, 0.717) is 17.3 Å². The molecule has 7 nitrogen and oxygen atoms in total. The van der Waals surface area contributed by atoms with Crippen LogP contribution in [-0.4, -0.2) is 26.1 Å². The van der Waals surface area contributed by atoms with Gasteiger partial charge in [-0.2, -0.15) is 0 Å². The number of nitrogens with one attached hydrogen (secondary N) is 1. The predicted octanol–water partition coefficient (Wildman–Crippen LogP) is 1.46. The maximum atomic E-state index is 11.9. The fourth-order valence-corrected chi connectivity index (χ4v) is 1.69. The summed E-state index contributed by atoms with van der Waals surface area (Å²) in [5.41, 5.74) is 1.26. The monoisotopic (exact) mass is 281 g/mol. The molecular weight excluding hydrogens is 270 g/mol. The molecule has 0 aliphatic rings. The molecule has 3 aromatic heterocycles. The number of nitrogens with zero attached hydrogens (tertiary/aromatic N) is 4. The first-order valence-electron chi connectivity index (χ1n) is 6.24. The predicted molar refractivity (Wildman–Crippen MR) is 72.9 cm³/mol. The molecule has 0 radical (unpaired) electrons. The smallest absolute Gasteiger partial charge is 0.251 e. The van der Waals surface area contributed by atoms with Crippen molar-refractivity contribution >= 4 is 5.91 Å². The van der Waals surface area contributed by atoms with Crippen molar-refractivity contribution in [3.63, 3.8) is 0 Å². The molecule has 0 saturated carbocycles. The number of hydrogen-bond donors (Lipinski definition) is 1. The van der Waals surface area contributed by atoms with Crippen molar-refractivity contribution in [1.82, 2.24) is 25.5 Å². The lowest BCUT2D eigenvalue weighted by atomic mass is 10.2. The quantitative estimate of drug-likeness (QED) is 0.778. The highest BCUT2D eigenvalue weighted by atomic mass is 16.4. The number of hydrogen-bond acceptors (Lipinski definition) is 6. The number of carbonyl (C=O) groups excluding carboxylic acids is 1. The Morgan fingerprint density at radius 2 is 1.95 bits per heavy atom. The molecule has 0 saturated heterocycles. The Labute approximate surface area is 120 Å². The van der Waals surface area contributed by atoms with E-state index < -0.39 is 0 Å². The number of aromatic nitrogens is 4. The lowest BCUT2D eigenvalue weighted by molar-refractivity contribution is 0.0947. The summed E-state index contributed by atoms with van der Waals surface area (Å²) in [6, 6.07) is 6.86. The van der Waals surface area contributed by atoms with E-state index in [-0.39, 0.29) is 12.5 Å². The van der Waals surface area contributed by atoms with E-state index in [1.807, 2.05) is 6.07 Å². The van der Waals surface area contributed by atoms with Crippen molar-refractivity contribution < 1.29 is 9.21 Å². The molecule has 104 valence electrons. The maximum Gasteiger partial charge on any atom is 0.251 e. The molecule has 1 amide bonds. The van der Waals surface area contributed by atoms with Crippen LogP contribution in [0.2, 0.25) is 0 Å². The molecule has 0 aliphatic heterocycles. The molecule has 3 heterocycles. The first-order valence-corrected chi connectivity index (χ1v) is 6.24. The van der Waals surface area contributed by atoms with Crippen molar-refractivity contribution in [2.45, 2.75) is 6.54 Å². The molecule has 3 aromatic rings. The zero-order valence-electron chi connectivity index (χ0n) is 10.9. The average molecular weight is 281 g/mol. The van der Waals surface area contributed by atoms with Crippen molar-refractivity contribution in [3.05, 3.63) is 60.5 Å². The largest absolute Gasteiger partial charge is 0.419 e. The van der Waals surface area contributed by atoms with Crippen LogP contribution in [0.4, 0.5) is 0 Å². The third kappa shape index (κ3) is 3.08. The first kappa shape index (κ1) is 12.9. The van der Waals surface area contributed by atoms with Crippen LogP contribution in [0.1, 0.15) is 16.2 Å². The van der Waals surface area contributed by atoms with Crippen molar-refractivity contribution in [1.29, 1.82) is 0 Å². The highest BCUT2D eigenvalue weighted by molar-refractivity contribution is 5.93. The molecule has 21 heavy (non-hydrogen) atoms. The number of rotatable bonds is 4. The topological polar surface area (TPSA) is 93.8 Å². The van der Waals surface area contributed by atoms with Gasteiger partial charge in [-0.25, -0.2) is 0 Å². The van der Waals surface area contributed by atoms with Gasteiger partial charge in [-0.1, -0.05) is 0 Å². The van der Waals surface area contributed by atoms with Crippen molar-refractivity contribution in [2.75, 3.05) is 0 Å². The third-order valence-electron chi connectivity index (χ3n) is 2.72. The standard InChI is InChI=1S/C14H11N5O2/c20-13(10-3-6-15-7-4-10)17-9-12-18-19-14(21-12)11-2-1-5-16-8-11/h1-8H,9H2,(H,17,20). The van der Waals surface area contributed by atoms with Gasteiger partial charge in [0.1, 0.15) is 0 Å².